The Labute approximate surface area is 134 Å². The fourth-order valence-corrected chi connectivity index (χ4v) is 3.30. The van der Waals surface area contributed by atoms with E-state index < -0.39 is 0 Å². The summed E-state index contributed by atoms with van der Waals surface area (Å²) in [5.41, 5.74) is 2.13. The number of fused-ring (bicyclic) bond motifs is 1. The van der Waals surface area contributed by atoms with E-state index >= 15 is 0 Å². The molecule has 1 aromatic heterocycles. The van der Waals surface area contributed by atoms with Crippen molar-refractivity contribution in [2.45, 2.75) is 39.5 Å². The van der Waals surface area contributed by atoms with Crippen LogP contribution in [-0.2, 0) is 11.3 Å². The summed E-state index contributed by atoms with van der Waals surface area (Å²) in [5.74, 6) is 0. The third-order valence-corrected chi connectivity index (χ3v) is 4.41. The zero-order valence-corrected chi connectivity index (χ0v) is 13.8. The van der Waals surface area contributed by atoms with Gasteiger partial charge in [0.05, 0.1) is 12.2 Å². The number of hydrogen-bond acceptors (Lipinski definition) is 4. The maximum absolute atomic E-state index is 11.8. The van der Waals surface area contributed by atoms with E-state index in [2.05, 4.69) is 18.7 Å². The van der Waals surface area contributed by atoms with E-state index in [4.69, 9.17) is 20.8 Å². The molecule has 22 heavy (non-hydrogen) atoms. The maximum atomic E-state index is 11.8. The quantitative estimate of drug-likeness (QED) is 0.795. The van der Waals surface area contributed by atoms with E-state index in [0.717, 1.165) is 29.6 Å². The van der Waals surface area contributed by atoms with Crippen molar-refractivity contribution in [2.75, 3.05) is 13.1 Å². The van der Waals surface area contributed by atoms with Crippen molar-refractivity contribution < 1.29 is 9.15 Å². The number of hydrogen-bond donors (Lipinski definition) is 0. The molecular weight excluding hydrogens is 302 g/mol. The first kappa shape index (κ1) is 15.5. The van der Waals surface area contributed by atoms with Crippen molar-refractivity contribution in [1.82, 2.24) is 4.90 Å². The summed E-state index contributed by atoms with van der Waals surface area (Å²) in [6.07, 6.45) is 0.391. The fourth-order valence-electron chi connectivity index (χ4n) is 3.13. The van der Waals surface area contributed by atoms with Crippen molar-refractivity contribution in [1.29, 1.82) is 0 Å². The highest BCUT2D eigenvalue weighted by atomic mass is 35.5. The van der Waals surface area contributed by atoms with Crippen LogP contribution < -0.4 is 5.63 Å². The molecule has 0 spiro atoms. The lowest BCUT2D eigenvalue weighted by Crippen LogP contribution is -2.44. The number of benzene rings is 1. The monoisotopic (exact) mass is 321 g/mol. The van der Waals surface area contributed by atoms with Crippen LogP contribution in [0, 0.1) is 6.92 Å². The van der Waals surface area contributed by atoms with Crippen LogP contribution in [-0.4, -0.2) is 30.2 Å². The highest BCUT2D eigenvalue weighted by Gasteiger charge is 2.23. The van der Waals surface area contributed by atoms with Gasteiger partial charge in [-0.05, 0) is 44.0 Å². The summed E-state index contributed by atoms with van der Waals surface area (Å²) in [6, 6.07) is 5.28. The van der Waals surface area contributed by atoms with Gasteiger partial charge in [-0.3, -0.25) is 4.90 Å². The average Bonchev–Trinajstić information content (AvgIpc) is 2.39. The van der Waals surface area contributed by atoms with E-state index in [1.165, 1.54) is 0 Å². The van der Waals surface area contributed by atoms with Gasteiger partial charge in [0.2, 0.25) is 0 Å². The number of halogens is 1. The Kier molecular flexibility index (Phi) is 4.26. The minimum absolute atomic E-state index is 0.195. The maximum Gasteiger partial charge on any atom is 0.336 e. The van der Waals surface area contributed by atoms with Gasteiger partial charge in [0, 0.05) is 36.1 Å². The van der Waals surface area contributed by atoms with Crippen LogP contribution in [0.1, 0.15) is 25.0 Å². The predicted molar refractivity (Wildman–Crippen MR) is 87.5 cm³/mol. The molecule has 1 aliphatic rings. The Bertz CT molecular complexity index is 745. The SMILES string of the molecule is Cc1cc2oc(=O)cc(CN3CC(C)OC(C)C3)c2cc1Cl. The molecule has 0 radical (unpaired) electrons. The van der Waals surface area contributed by atoms with Crippen LogP contribution in [0.2, 0.25) is 5.02 Å². The highest BCUT2D eigenvalue weighted by molar-refractivity contribution is 6.32. The van der Waals surface area contributed by atoms with Crippen LogP contribution in [0.5, 0.6) is 0 Å². The molecule has 1 aliphatic heterocycles. The molecule has 0 bridgehead atoms. The van der Waals surface area contributed by atoms with Crippen molar-refractivity contribution in [3.05, 3.63) is 44.8 Å². The Hall–Kier alpha value is -1.36. The van der Waals surface area contributed by atoms with Crippen LogP contribution in [0.15, 0.2) is 27.4 Å². The second-order valence-electron chi connectivity index (χ2n) is 6.14. The van der Waals surface area contributed by atoms with E-state index in [1.807, 2.05) is 19.1 Å². The van der Waals surface area contributed by atoms with Gasteiger partial charge in [0.25, 0.3) is 0 Å². The van der Waals surface area contributed by atoms with Crippen LogP contribution in [0.3, 0.4) is 0 Å². The van der Waals surface area contributed by atoms with Gasteiger partial charge in [0.1, 0.15) is 5.58 Å². The topological polar surface area (TPSA) is 42.7 Å². The lowest BCUT2D eigenvalue weighted by Gasteiger charge is -2.35. The fraction of sp³-hybridized carbons (Fsp3) is 0.471. The molecule has 0 aliphatic carbocycles. The molecule has 2 aromatic rings. The second kappa shape index (κ2) is 6.03. The minimum Gasteiger partial charge on any atom is -0.423 e. The molecule has 2 unspecified atom stereocenters. The lowest BCUT2D eigenvalue weighted by atomic mass is 10.1. The van der Waals surface area contributed by atoms with E-state index in [-0.39, 0.29) is 17.8 Å². The largest absolute Gasteiger partial charge is 0.423 e. The van der Waals surface area contributed by atoms with E-state index in [9.17, 15) is 4.79 Å². The van der Waals surface area contributed by atoms with Gasteiger partial charge in [0.15, 0.2) is 0 Å². The average molecular weight is 322 g/mol. The summed E-state index contributed by atoms with van der Waals surface area (Å²) < 4.78 is 11.1. The standard InChI is InChI=1S/C17H20ClNO3/c1-10-4-16-14(6-15(10)18)13(5-17(20)22-16)9-19-7-11(2)21-12(3)8-19/h4-6,11-12H,7-9H2,1-3H3. The van der Waals surface area contributed by atoms with Gasteiger partial charge < -0.3 is 9.15 Å². The summed E-state index contributed by atoms with van der Waals surface area (Å²) in [6.45, 7) is 8.44. The molecule has 1 aromatic carbocycles. The summed E-state index contributed by atoms with van der Waals surface area (Å²) in [4.78, 5) is 14.1. The lowest BCUT2D eigenvalue weighted by molar-refractivity contribution is -0.0704. The number of ether oxygens (including phenoxy) is 1. The molecule has 1 fully saturated rings. The van der Waals surface area contributed by atoms with Gasteiger partial charge >= 0.3 is 5.63 Å². The molecule has 0 N–H and O–H groups in total. The molecule has 0 amide bonds. The van der Waals surface area contributed by atoms with Crippen molar-refractivity contribution in [3.8, 4) is 0 Å². The summed E-state index contributed by atoms with van der Waals surface area (Å²) in [5, 5.41) is 1.59. The van der Waals surface area contributed by atoms with E-state index in [1.54, 1.807) is 6.07 Å². The first-order valence-corrected chi connectivity index (χ1v) is 7.91. The van der Waals surface area contributed by atoms with Gasteiger partial charge in [-0.2, -0.15) is 0 Å². The van der Waals surface area contributed by atoms with Crippen molar-refractivity contribution in [3.63, 3.8) is 0 Å². The van der Waals surface area contributed by atoms with Crippen LogP contribution in [0.4, 0.5) is 0 Å². The molecule has 2 heterocycles. The van der Waals surface area contributed by atoms with Crippen LogP contribution >= 0.6 is 11.6 Å². The molecular formula is C17H20ClNO3. The second-order valence-corrected chi connectivity index (χ2v) is 6.55. The van der Waals surface area contributed by atoms with Gasteiger partial charge in [-0.25, -0.2) is 4.79 Å². The van der Waals surface area contributed by atoms with Crippen molar-refractivity contribution in [2.24, 2.45) is 0 Å². The molecule has 0 saturated carbocycles. The predicted octanol–water partition coefficient (Wildman–Crippen LogP) is 3.36. The third kappa shape index (κ3) is 3.19. The van der Waals surface area contributed by atoms with Gasteiger partial charge in [-0.15, -0.1) is 0 Å². The molecule has 2 atom stereocenters. The summed E-state index contributed by atoms with van der Waals surface area (Å²) in [7, 11) is 0. The Morgan fingerprint density at radius 1 is 1.23 bits per heavy atom. The first-order valence-electron chi connectivity index (χ1n) is 7.53. The Morgan fingerprint density at radius 3 is 2.59 bits per heavy atom. The third-order valence-electron chi connectivity index (χ3n) is 4.00. The molecule has 3 rings (SSSR count). The van der Waals surface area contributed by atoms with Crippen molar-refractivity contribution >= 4 is 22.6 Å². The minimum atomic E-state index is -0.321. The normalized spacial score (nSPS) is 23.1. The number of nitrogens with zero attached hydrogens (tertiary/aromatic N) is 1. The molecule has 5 heteroatoms. The Morgan fingerprint density at radius 2 is 1.91 bits per heavy atom. The smallest absolute Gasteiger partial charge is 0.336 e. The highest BCUT2D eigenvalue weighted by Crippen LogP contribution is 2.26. The number of rotatable bonds is 2. The zero-order valence-electron chi connectivity index (χ0n) is 13.1. The molecule has 118 valence electrons. The zero-order chi connectivity index (χ0) is 15.9. The summed E-state index contributed by atoms with van der Waals surface area (Å²) >= 11 is 6.24. The molecule has 4 nitrogen and oxygen atoms in total. The first-order chi connectivity index (χ1) is 10.4. The number of morpholine rings is 1. The van der Waals surface area contributed by atoms with Crippen LogP contribution in [0.25, 0.3) is 11.0 Å². The Balaban J connectivity index is 1.99. The van der Waals surface area contributed by atoms with Gasteiger partial charge in [-0.1, -0.05) is 11.6 Å². The van der Waals surface area contributed by atoms with E-state index in [0.29, 0.717) is 17.2 Å². The molecule has 1 saturated heterocycles. The number of aryl methyl sites for hydroxylation is 1.